The van der Waals surface area contributed by atoms with Crippen LogP contribution in [0.25, 0.3) is 0 Å². The molecule has 2 aliphatic heterocycles. The van der Waals surface area contributed by atoms with E-state index in [1.54, 1.807) is 0 Å². The summed E-state index contributed by atoms with van der Waals surface area (Å²) in [6.07, 6.45) is 13.1. The summed E-state index contributed by atoms with van der Waals surface area (Å²) in [4.78, 5) is 27.0. The van der Waals surface area contributed by atoms with Gasteiger partial charge in [-0.1, -0.05) is 25.3 Å². The van der Waals surface area contributed by atoms with Gasteiger partial charge in [-0.05, 0) is 65.7 Å². The molecule has 26 heavy (non-hydrogen) atoms. The Bertz CT molecular complexity index is 480. The van der Waals surface area contributed by atoms with Gasteiger partial charge in [0, 0.05) is 24.4 Å². The molecule has 2 bridgehead atoms. The molecular weight excluding hydrogens is 326 g/mol. The maximum atomic E-state index is 12.6. The molecule has 2 atom stereocenters. The third-order valence-electron chi connectivity index (χ3n) is 5.62. The minimum Gasteiger partial charge on any atom is -0.444 e. The minimum absolute atomic E-state index is 0.145. The van der Waals surface area contributed by atoms with Crippen LogP contribution < -0.4 is 0 Å². The third-order valence-corrected chi connectivity index (χ3v) is 5.62. The van der Waals surface area contributed by atoms with E-state index >= 15 is 0 Å². The molecule has 0 radical (unpaired) electrons. The highest BCUT2D eigenvalue weighted by Gasteiger charge is 2.46. The molecule has 2 saturated heterocycles. The van der Waals surface area contributed by atoms with Crippen LogP contribution in [-0.4, -0.2) is 34.5 Å². The SMILES string of the molecule is C=CCCCCCCCC(=O)C1CC2CCC(C1)N2C(=O)OC(C)(C)C. The number of carbonyl (C=O) groups excluding carboxylic acids is 2. The normalized spacial score (nSPS) is 25.2. The highest BCUT2D eigenvalue weighted by atomic mass is 16.6. The number of rotatable bonds is 9. The Kier molecular flexibility index (Phi) is 7.72. The van der Waals surface area contributed by atoms with Crippen LogP contribution >= 0.6 is 0 Å². The maximum Gasteiger partial charge on any atom is 0.410 e. The highest BCUT2D eigenvalue weighted by molar-refractivity contribution is 5.81. The number of hydrogen-bond acceptors (Lipinski definition) is 3. The van der Waals surface area contributed by atoms with Gasteiger partial charge in [0.1, 0.15) is 11.4 Å². The Morgan fingerprint density at radius 2 is 1.62 bits per heavy atom. The van der Waals surface area contributed by atoms with Crippen molar-refractivity contribution in [1.29, 1.82) is 0 Å². The van der Waals surface area contributed by atoms with Gasteiger partial charge in [-0.3, -0.25) is 4.79 Å². The van der Waals surface area contributed by atoms with Crippen molar-refractivity contribution in [3.8, 4) is 0 Å². The number of ketones is 1. The number of carbonyl (C=O) groups is 2. The van der Waals surface area contributed by atoms with Gasteiger partial charge in [0.2, 0.25) is 0 Å². The molecule has 0 aromatic heterocycles. The lowest BCUT2D eigenvalue weighted by Gasteiger charge is -2.39. The summed E-state index contributed by atoms with van der Waals surface area (Å²) in [6, 6.07) is 0.382. The molecule has 4 heteroatoms. The second-order valence-electron chi connectivity index (χ2n) is 9.00. The summed E-state index contributed by atoms with van der Waals surface area (Å²) in [7, 11) is 0. The Balaban J connectivity index is 1.73. The van der Waals surface area contributed by atoms with Crippen molar-refractivity contribution in [3.63, 3.8) is 0 Å². The summed E-state index contributed by atoms with van der Waals surface area (Å²) in [5.74, 6) is 0.559. The number of piperidine rings is 1. The molecule has 2 heterocycles. The predicted octanol–water partition coefficient (Wildman–Crippen LogP) is 5.65. The van der Waals surface area contributed by atoms with Gasteiger partial charge in [0.25, 0.3) is 0 Å². The van der Waals surface area contributed by atoms with Crippen LogP contribution in [0.5, 0.6) is 0 Å². The van der Waals surface area contributed by atoms with E-state index in [1.165, 1.54) is 19.3 Å². The molecule has 0 spiro atoms. The molecule has 2 rings (SSSR count). The van der Waals surface area contributed by atoms with Crippen molar-refractivity contribution in [2.75, 3.05) is 0 Å². The van der Waals surface area contributed by atoms with Gasteiger partial charge in [-0.2, -0.15) is 0 Å². The average Bonchev–Trinajstić information content (AvgIpc) is 2.82. The topological polar surface area (TPSA) is 46.6 Å². The van der Waals surface area contributed by atoms with Crippen molar-refractivity contribution >= 4 is 11.9 Å². The fourth-order valence-corrected chi connectivity index (χ4v) is 4.38. The first kappa shape index (κ1) is 21.0. The molecule has 0 aliphatic carbocycles. The second kappa shape index (κ2) is 9.57. The molecule has 0 aromatic carbocycles. The number of allylic oxidation sites excluding steroid dienone is 1. The Hall–Kier alpha value is -1.32. The van der Waals surface area contributed by atoms with Crippen molar-refractivity contribution in [2.24, 2.45) is 5.92 Å². The Labute approximate surface area is 159 Å². The molecule has 0 aromatic rings. The van der Waals surface area contributed by atoms with E-state index in [1.807, 2.05) is 31.7 Å². The smallest absolute Gasteiger partial charge is 0.410 e. The molecule has 0 N–H and O–H groups in total. The first-order chi connectivity index (χ1) is 12.3. The van der Waals surface area contributed by atoms with Crippen molar-refractivity contribution in [1.82, 2.24) is 4.90 Å². The van der Waals surface area contributed by atoms with Gasteiger partial charge < -0.3 is 9.64 Å². The predicted molar refractivity (Wildman–Crippen MR) is 105 cm³/mol. The molecule has 2 aliphatic rings. The number of unbranched alkanes of at least 4 members (excludes halogenated alkanes) is 5. The standard InChI is InChI=1S/C22H37NO3/c1-5-6-7-8-9-10-11-12-20(24)17-15-18-13-14-19(16-17)23(18)21(25)26-22(2,3)4/h5,17-19H,1,6-16H2,2-4H3. The monoisotopic (exact) mass is 363 g/mol. The molecule has 2 fully saturated rings. The van der Waals surface area contributed by atoms with Gasteiger partial charge >= 0.3 is 6.09 Å². The fourth-order valence-electron chi connectivity index (χ4n) is 4.38. The quantitative estimate of drug-likeness (QED) is 0.393. The molecule has 148 valence electrons. The minimum atomic E-state index is -0.463. The highest BCUT2D eigenvalue weighted by Crippen LogP contribution is 2.40. The van der Waals surface area contributed by atoms with Crippen LogP contribution in [0.4, 0.5) is 4.79 Å². The van der Waals surface area contributed by atoms with Gasteiger partial charge in [-0.25, -0.2) is 4.79 Å². The summed E-state index contributed by atoms with van der Waals surface area (Å²) in [6.45, 7) is 9.45. The van der Waals surface area contributed by atoms with Crippen LogP contribution in [0, 0.1) is 5.92 Å². The van der Waals surface area contributed by atoms with Crippen LogP contribution in [0.1, 0.15) is 91.4 Å². The first-order valence-corrected chi connectivity index (χ1v) is 10.5. The van der Waals surface area contributed by atoms with E-state index < -0.39 is 5.60 Å². The number of ether oxygens (including phenoxy) is 1. The van der Waals surface area contributed by atoms with Crippen LogP contribution in [0.2, 0.25) is 0 Å². The van der Waals surface area contributed by atoms with Crippen LogP contribution in [0.15, 0.2) is 12.7 Å². The van der Waals surface area contributed by atoms with Gasteiger partial charge in [0.15, 0.2) is 0 Å². The van der Waals surface area contributed by atoms with Crippen LogP contribution in [-0.2, 0) is 9.53 Å². The van der Waals surface area contributed by atoms with E-state index in [0.717, 1.165) is 44.9 Å². The molecule has 2 unspecified atom stereocenters. The summed E-state index contributed by atoms with van der Waals surface area (Å²) in [5, 5.41) is 0. The lowest BCUT2D eigenvalue weighted by molar-refractivity contribution is -0.125. The number of Topliss-reactive ketones (excluding diaryl/α,β-unsaturated/α-hetero) is 1. The van der Waals surface area contributed by atoms with E-state index in [9.17, 15) is 9.59 Å². The number of amides is 1. The lowest BCUT2D eigenvalue weighted by Crippen LogP contribution is -2.49. The van der Waals surface area contributed by atoms with E-state index in [-0.39, 0.29) is 24.1 Å². The lowest BCUT2D eigenvalue weighted by atomic mass is 9.85. The fraction of sp³-hybridized carbons (Fsp3) is 0.818. The summed E-state index contributed by atoms with van der Waals surface area (Å²) < 4.78 is 5.57. The van der Waals surface area contributed by atoms with Gasteiger partial charge in [0.05, 0.1) is 0 Å². The Morgan fingerprint density at radius 1 is 1.04 bits per heavy atom. The third kappa shape index (κ3) is 6.14. The summed E-state index contributed by atoms with van der Waals surface area (Å²) in [5.41, 5.74) is -0.463. The van der Waals surface area contributed by atoms with E-state index in [4.69, 9.17) is 4.74 Å². The molecular formula is C22H37NO3. The maximum absolute atomic E-state index is 12.6. The van der Waals surface area contributed by atoms with Gasteiger partial charge in [-0.15, -0.1) is 6.58 Å². The average molecular weight is 364 g/mol. The van der Waals surface area contributed by atoms with Crippen LogP contribution in [0.3, 0.4) is 0 Å². The molecule has 4 nitrogen and oxygen atoms in total. The second-order valence-corrected chi connectivity index (χ2v) is 9.00. The number of fused-ring (bicyclic) bond motifs is 2. The molecule has 1 amide bonds. The summed E-state index contributed by atoms with van der Waals surface area (Å²) >= 11 is 0. The van der Waals surface area contributed by atoms with E-state index in [2.05, 4.69) is 6.58 Å². The zero-order valence-electron chi connectivity index (χ0n) is 17.0. The van der Waals surface area contributed by atoms with E-state index in [0.29, 0.717) is 12.2 Å². The van der Waals surface area contributed by atoms with Crippen molar-refractivity contribution in [2.45, 2.75) is 109 Å². The zero-order chi connectivity index (χ0) is 19.2. The zero-order valence-corrected chi connectivity index (χ0v) is 17.0. The Morgan fingerprint density at radius 3 is 2.19 bits per heavy atom. The molecule has 0 saturated carbocycles. The first-order valence-electron chi connectivity index (χ1n) is 10.5. The van der Waals surface area contributed by atoms with Crippen molar-refractivity contribution < 1.29 is 14.3 Å². The number of hydrogen-bond donors (Lipinski definition) is 0. The largest absolute Gasteiger partial charge is 0.444 e. The number of nitrogens with zero attached hydrogens (tertiary/aromatic N) is 1. The van der Waals surface area contributed by atoms with Crippen molar-refractivity contribution in [3.05, 3.63) is 12.7 Å².